The first-order valence-corrected chi connectivity index (χ1v) is 7.44. The van der Waals surface area contributed by atoms with Crippen LogP contribution < -0.4 is 5.73 Å². The third-order valence-electron chi connectivity index (χ3n) is 4.45. The van der Waals surface area contributed by atoms with Gasteiger partial charge in [0.2, 0.25) is 5.95 Å². The number of hydrogen-bond donors (Lipinski definition) is 2. The lowest BCUT2D eigenvalue weighted by Crippen LogP contribution is -2.30. The number of aromatic nitrogens is 3. The summed E-state index contributed by atoms with van der Waals surface area (Å²) in [5, 5.41) is 0. The molecule has 4 heteroatoms. The van der Waals surface area contributed by atoms with Gasteiger partial charge >= 0.3 is 0 Å². The van der Waals surface area contributed by atoms with E-state index in [0.717, 1.165) is 29.8 Å². The van der Waals surface area contributed by atoms with Crippen molar-refractivity contribution in [2.75, 3.05) is 0 Å². The summed E-state index contributed by atoms with van der Waals surface area (Å²) in [5.41, 5.74) is 11.2. The predicted octanol–water partition coefficient (Wildman–Crippen LogP) is 3.33. The minimum absolute atomic E-state index is 0.120. The van der Waals surface area contributed by atoms with Crippen molar-refractivity contribution in [3.8, 4) is 5.95 Å². The van der Waals surface area contributed by atoms with Gasteiger partial charge in [-0.2, -0.15) is 0 Å². The van der Waals surface area contributed by atoms with Crippen LogP contribution in [0.2, 0.25) is 0 Å². The molecule has 108 valence electrons. The number of fused-ring (bicyclic) bond motifs is 2. The van der Waals surface area contributed by atoms with Gasteiger partial charge in [0.1, 0.15) is 0 Å². The van der Waals surface area contributed by atoms with Crippen LogP contribution in [0.3, 0.4) is 0 Å². The zero-order valence-corrected chi connectivity index (χ0v) is 12.4. The summed E-state index contributed by atoms with van der Waals surface area (Å²) in [6, 6.07) is 10.4. The number of aromatic amines is 1. The Hall–Kier alpha value is -2.07. The first-order valence-electron chi connectivity index (χ1n) is 7.44. The zero-order chi connectivity index (χ0) is 14.6. The molecule has 2 heterocycles. The number of hydrogen-bond acceptors (Lipinski definition) is 2. The Kier molecular flexibility index (Phi) is 2.54. The average Bonchev–Trinajstić information content (AvgIpc) is 2.99. The lowest BCUT2D eigenvalue weighted by atomic mass is 9.75. The van der Waals surface area contributed by atoms with Crippen molar-refractivity contribution in [1.82, 2.24) is 14.5 Å². The van der Waals surface area contributed by atoms with Gasteiger partial charge in [0.05, 0.1) is 11.0 Å². The molecule has 1 aromatic carbocycles. The van der Waals surface area contributed by atoms with E-state index in [9.17, 15) is 0 Å². The molecule has 0 saturated carbocycles. The molecule has 0 bridgehead atoms. The second-order valence-electron chi connectivity index (χ2n) is 6.82. The number of nitrogens with zero attached hydrogens (tertiary/aromatic N) is 2. The minimum atomic E-state index is 0.120. The third-order valence-corrected chi connectivity index (χ3v) is 4.45. The Labute approximate surface area is 124 Å². The number of para-hydroxylation sites is 2. The lowest BCUT2D eigenvalue weighted by Gasteiger charge is -2.34. The average molecular weight is 280 g/mol. The highest BCUT2D eigenvalue weighted by molar-refractivity contribution is 5.76. The first-order chi connectivity index (χ1) is 10.0. The number of H-pyrrole nitrogens is 1. The van der Waals surface area contributed by atoms with E-state index in [2.05, 4.69) is 41.7 Å². The van der Waals surface area contributed by atoms with Gasteiger partial charge in [-0.1, -0.05) is 26.0 Å². The Morgan fingerprint density at radius 1 is 1.29 bits per heavy atom. The molecule has 0 fully saturated rings. The Bertz CT molecular complexity index is 776. The zero-order valence-electron chi connectivity index (χ0n) is 12.4. The first kappa shape index (κ1) is 12.7. The van der Waals surface area contributed by atoms with Crippen molar-refractivity contribution >= 4 is 11.0 Å². The molecule has 0 aliphatic heterocycles. The second kappa shape index (κ2) is 4.21. The Morgan fingerprint density at radius 2 is 2.10 bits per heavy atom. The fourth-order valence-corrected chi connectivity index (χ4v) is 3.49. The summed E-state index contributed by atoms with van der Waals surface area (Å²) in [4.78, 5) is 8.10. The summed E-state index contributed by atoms with van der Waals surface area (Å²) >= 11 is 0. The summed E-state index contributed by atoms with van der Waals surface area (Å²) in [6.45, 7) is 4.57. The standard InChI is InChI=1S/C17H20N4/c1-17(2)9-12(18)11-7-8-21(15(11)10-17)16-19-13-5-3-4-6-14(13)20-16/h3-8,12H,9-10,18H2,1-2H3,(H,19,20). The van der Waals surface area contributed by atoms with E-state index >= 15 is 0 Å². The molecule has 1 atom stereocenters. The SMILES string of the molecule is CC1(C)Cc2c(ccn2-c2nc3ccccc3[nH]2)C(N)C1. The summed E-state index contributed by atoms with van der Waals surface area (Å²) in [6.07, 6.45) is 4.15. The lowest BCUT2D eigenvalue weighted by molar-refractivity contribution is 0.278. The monoisotopic (exact) mass is 280 g/mol. The van der Waals surface area contributed by atoms with E-state index in [-0.39, 0.29) is 11.5 Å². The number of rotatable bonds is 1. The van der Waals surface area contributed by atoms with E-state index in [0.29, 0.717) is 0 Å². The smallest absolute Gasteiger partial charge is 0.212 e. The fraction of sp³-hybridized carbons (Fsp3) is 0.353. The summed E-state index contributed by atoms with van der Waals surface area (Å²) in [5.74, 6) is 0.877. The molecule has 3 N–H and O–H groups in total. The molecule has 4 nitrogen and oxygen atoms in total. The number of benzene rings is 1. The highest BCUT2D eigenvalue weighted by atomic mass is 15.2. The van der Waals surface area contributed by atoms with Crippen molar-refractivity contribution in [2.24, 2.45) is 11.1 Å². The van der Waals surface area contributed by atoms with E-state index < -0.39 is 0 Å². The maximum absolute atomic E-state index is 6.34. The molecule has 3 aromatic rings. The van der Waals surface area contributed by atoms with Crippen LogP contribution in [-0.4, -0.2) is 14.5 Å². The molecule has 0 saturated heterocycles. The summed E-state index contributed by atoms with van der Waals surface area (Å²) < 4.78 is 2.16. The van der Waals surface area contributed by atoms with Crippen LogP contribution in [0.4, 0.5) is 0 Å². The molecule has 0 spiro atoms. The maximum atomic E-state index is 6.34. The van der Waals surface area contributed by atoms with Crippen molar-refractivity contribution in [3.05, 3.63) is 47.8 Å². The Morgan fingerprint density at radius 3 is 2.90 bits per heavy atom. The van der Waals surface area contributed by atoms with Crippen LogP contribution in [0.5, 0.6) is 0 Å². The van der Waals surface area contributed by atoms with E-state index in [1.54, 1.807) is 0 Å². The maximum Gasteiger partial charge on any atom is 0.212 e. The van der Waals surface area contributed by atoms with Crippen molar-refractivity contribution in [2.45, 2.75) is 32.7 Å². The largest absolute Gasteiger partial charge is 0.324 e. The van der Waals surface area contributed by atoms with Crippen LogP contribution in [0.1, 0.15) is 37.6 Å². The molecule has 1 unspecified atom stereocenters. The molecule has 1 aliphatic carbocycles. The molecule has 21 heavy (non-hydrogen) atoms. The molecule has 1 aliphatic rings. The second-order valence-corrected chi connectivity index (χ2v) is 6.82. The fourth-order valence-electron chi connectivity index (χ4n) is 3.49. The van der Waals surface area contributed by atoms with Crippen LogP contribution in [-0.2, 0) is 6.42 Å². The van der Waals surface area contributed by atoms with Crippen LogP contribution in [0.15, 0.2) is 36.5 Å². The van der Waals surface area contributed by atoms with Gasteiger partial charge in [-0.05, 0) is 42.0 Å². The number of imidazole rings is 1. The van der Waals surface area contributed by atoms with Gasteiger partial charge in [0.25, 0.3) is 0 Å². The minimum Gasteiger partial charge on any atom is -0.324 e. The number of nitrogens with one attached hydrogen (secondary N) is 1. The van der Waals surface area contributed by atoms with Crippen LogP contribution >= 0.6 is 0 Å². The van der Waals surface area contributed by atoms with Gasteiger partial charge in [-0.25, -0.2) is 4.98 Å². The van der Waals surface area contributed by atoms with Gasteiger partial charge in [-0.15, -0.1) is 0 Å². The molecular weight excluding hydrogens is 260 g/mol. The topological polar surface area (TPSA) is 59.6 Å². The van der Waals surface area contributed by atoms with Crippen molar-refractivity contribution in [3.63, 3.8) is 0 Å². The van der Waals surface area contributed by atoms with Gasteiger partial charge < -0.3 is 10.7 Å². The highest BCUT2D eigenvalue weighted by Crippen LogP contribution is 2.40. The highest BCUT2D eigenvalue weighted by Gasteiger charge is 2.32. The quantitative estimate of drug-likeness (QED) is 0.718. The molecule has 4 rings (SSSR count). The molecule has 2 aromatic heterocycles. The van der Waals surface area contributed by atoms with Gasteiger partial charge in [-0.3, -0.25) is 4.57 Å². The van der Waals surface area contributed by atoms with Gasteiger partial charge in [0.15, 0.2) is 0 Å². The van der Waals surface area contributed by atoms with Crippen molar-refractivity contribution < 1.29 is 0 Å². The van der Waals surface area contributed by atoms with E-state index in [1.807, 2.05) is 18.2 Å². The molecular formula is C17H20N4. The molecule has 0 amide bonds. The normalized spacial score (nSPS) is 20.6. The van der Waals surface area contributed by atoms with E-state index in [1.165, 1.54) is 11.3 Å². The third kappa shape index (κ3) is 1.98. The van der Waals surface area contributed by atoms with Crippen molar-refractivity contribution in [1.29, 1.82) is 0 Å². The van der Waals surface area contributed by atoms with Crippen LogP contribution in [0, 0.1) is 5.41 Å². The number of nitrogens with two attached hydrogens (primary N) is 1. The molecule has 0 radical (unpaired) electrons. The van der Waals surface area contributed by atoms with Gasteiger partial charge in [0, 0.05) is 17.9 Å². The predicted molar refractivity (Wildman–Crippen MR) is 84.5 cm³/mol. The summed E-state index contributed by atoms with van der Waals surface area (Å²) in [7, 11) is 0. The van der Waals surface area contributed by atoms with E-state index in [4.69, 9.17) is 10.7 Å². The van der Waals surface area contributed by atoms with Crippen LogP contribution in [0.25, 0.3) is 17.0 Å². The Balaban J connectivity index is 1.87.